The van der Waals surface area contributed by atoms with E-state index in [1.165, 1.54) is 4.31 Å². The van der Waals surface area contributed by atoms with Gasteiger partial charge in [-0.05, 0) is 31.9 Å². The Kier molecular flexibility index (Phi) is 4.53. The second-order valence-electron chi connectivity index (χ2n) is 5.25. The molecular weight excluding hydrogens is 274 g/mol. The topological polar surface area (TPSA) is 54.3 Å². The van der Waals surface area contributed by atoms with Crippen molar-refractivity contribution in [2.75, 3.05) is 20.1 Å². The smallest absolute Gasteiger partial charge is 0.245 e. The van der Waals surface area contributed by atoms with Crippen molar-refractivity contribution in [2.45, 2.75) is 24.3 Å². The fourth-order valence-electron chi connectivity index (χ4n) is 2.16. The van der Waals surface area contributed by atoms with E-state index in [4.69, 9.17) is 6.42 Å². The molecule has 1 N–H and O–H groups in total. The van der Waals surface area contributed by atoms with Crippen LogP contribution in [0.1, 0.15) is 18.5 Å². The van der Waals surface area contributed by atoms with Gasteiger partial charge in [-0.1, -0.05) is 5.92 Å². The average Bonchev–Trinajstić information content (AvgIpc) is 3.13. The van der Waals surface area contributed by atoms with Gasteiger partial charge in [-0.25, -0.2) is 8.42 Å². The number of sulfonamides is 1. The summed E-state index contributed by atoms with van der Waals surface area (Å²) < 4.78 is 28.6. The maximum absolute atomic E-state index is 12.7. The Labute approximate surface area is 121 Å². The minimum Gasteiger partial charge on any atom is -0.352 e. The maximum Gasteiger partial charge on any atom is 0.245 e. The summed E-state index contributed by atoms with van der Waals surface area (Å²) in [5.41, 5.74) is 0.929. The number of aromatic nitrogens is 1. The molecule has 0 atom stereocenters. The number of terminal acetylenes is 1. The van der Waals surface area contributed by atoms with Crippen molar-refractivity contribution in [2.24, 2.45) is 13.0 Å². The second-order valence-corrected chi connectivity index (χ2v) is 7.19. The average molecular weight is 295 g/mol. The largest absolute Gasteiger partial charge is 0.352 e. The van der Waals surface area contributed by atoms with E-state index in [-0.39, 0.29) is 6.54 Å². The maximum atomic E-state index is 12.7. The Hall–Kier alpha value is -1.29. The van der Waals surface area contributed by atoms with Gasteiger partial charge in [-0.3, -0.25) is 0 Å². The van der Waals surface area contributed by atoms with Crippen LogP contribution >= 0.6 is 0 Å². The summed E-state index contributed by atoms with van der Waals surface area (Å²) in [6.07, 6.45) is 9.15. The molecule has 0 unspecified atom stereocenters. The van der Waals surface area contributed by atoms with E-state index in [0.29, 0.717) is 23.9 Å². The Morgan fingerprint density at radius 2 is 2.25 bits per heavy atom. The van der Waals surface area contributed by atoms with Crippen molar-refractivity contribution >= 4 is 10.0 Å². The van der Waals surface area contributed by atoms with E-state index in [9.17, 15) is 8.42 Å². The first-order valence-electron chi connectivity index (χ1n) is 6.72. The van der Waals surface area contributed by atoms with E-state index in [1.807, 2.05) is 18.7 Å². The Morgan fingerprint density at radius 1 is 1.55 bits per heavy atom. The zero-order chi connectivity index (χ0) is 14.8. The van der Waals surface area contributed by atoms with Crippen LogP contribution in [0.15, 0.2) is 17.2 Å². The van der Waals surface area contributed by atoms with Crippen molar-refractivity contribution in [1.82, 2.24) is 14.2 Å². The summed E-state index contributed by atoms with van der Waals surface area (Å²) in [6, 6.07) is 1.71. The molecule has 5 nitrogen and oxygen atoms in total. The fourth-order valence-corrected chi connectivity index (χ4v) is 3.69. The van der Waals surface area contributed by atoms with E-state index in [0.717, 1.165) is 18.5 Å². The number of nitrogens with zero attached hydrogens (tertiary/aromatic N) is 2. The van der Waals surface area contributed by atoms with Gasteiger partial charge in [0.1, 0.15) is 4.90 Å². The molecule has 0 spiro atoms. The van der Waals surface area contributed by atoms with Crippen LogP contribution < -0.4 is 5.32 Å². The number of hydrogen-bond donors (Lipinski definition) is 1. The molecule has 1 fully saturated rings. The summed E-state index contributed by atoms with van der Waals surface area (Å²) in [7, 11) is 0.182. The lowest BCUT2D eigenvalue weighted by Gasteiger charge is -2.18. The van der Waals surface area contributed by atoms with Crippen LogP contribution in [0.3, 0.4) is 0 Å². The molecular formula is C14H21N3O2S. The highest BCUT2D eigenvalue weighted by molar-refractivity contribution is 7.89. The van der Waals surface area contributed by atoms with Crippen molar-refractivity contribution in [1.29, 1.82) is 0 Å². The summed E-state index contributed by atoms with van der Waals surface area (Å²) in [5, 5.41) is 3.02. The van der Waals surface area contributed by atoms with Gasteiger partial charge in [0.25, 0.3) is 0 Å². The molecule has 6 heteroatoms. The van der Waals surface area contributed by atoms with Crippen LogP contribution in [0.2, 0.25) is 0 Å². The van der Waals surface area contributed by atoms with Crippen LogP contribution in [0, 0.1) is 18.3 Å². The van der Waals surface area contributed by atoms with Crippen molar-refractivity contribution in [3.8, 4) is 12.3 Å². The van der Waals surface area contributed by atoms with Crippen LogP contribution in [0.5, 0.6) is 0 Å². The minimum atomic E-state index is -3.50. The summed E-state index contributed by atoms with van der Waals surface area (Å²) in [4.78, 5) is 0.321. The van der Waals surface area contributed by atoms with Gasteiger partial charge in [-0.15, -0.1) is 6.42 Å². The lowest BCUT2D eigenvalue weighted by Crippen LogP contribution is -2.33. The van der Waals surface area contributed by atoms with Crippen LogP contribution in [0.4, 0.5) is 0 Å². The van der Waals surface area contributed by atoms with Gasteiger partial charge in [0, 0.05) is 32.0 Å². The fraction of sp³-hybridized carbons (Fsp3) is 0.571. The van der Waals surface area contributed by atoms with Gasteiger partial charge in [0.15, 0.2) is 0 Å². The second kappa shape index (κ2) is 6.00. The first-order valence-corrected chi connectivity index (χ1v) is 8.16. The van der Waals surface area contributed by atoms with Gasteiger partial charge >= 0.3 is 0 Å². The van der Waals surface area contributed by atoms with Crippen molar-refractivity contribution < 1.29 is 8.42 Å². The van der Waals surface area contributed by atoms with E-state index in [2.05, 4.69) is 11.2 Å². The summed E-state index contributed by atoms with van der Waals surface area (Å²) in [6.45, 7) is 1.29. The monoisotopic (exact) mass is 295 g/mol. The summed E-state index contributed by atoms with van der Waals surface area (Å²) in [5.74, 6) is 2.92. The number of aryl methyl sites for hydroxylation is 1. The highest BCUT2D eigenvalue weighted by Gasteiger charge is 2.32. The lowest BCUT2D eigenvalue weighted by atomic mass is 10.4. The third-order valence-corrected chi connectivity index (χ3v) is 5.28. The summed E-state index contributed by atoms with van der Waals surface area (Å²) >= 11 is 0. The van der Waals surface area contributed by atoms with Crippen LogP contribution in [0.25, 0.3) is 0 Å². The predicted octanol–water partition coefficient (Wildman–Crippen LogP) is 0.778. The number of nitrogens with one attached hydrogen (secondary N) is 1. The zero-order valence-electron chi connectivity index (χ0n) is 12.0. The van der Waals surface area contributed by atoms with E-state index in [1.54, 1.807) is 12.3 Å². The molecule has 1 saturated carbocycles. The van der Waals surface area contributed by atoms with Gasteiger partial charge in [-0.2, -0.15) is 4.31 Å². The Bertz CT molecular complexity index is 609. The van der Waals surface area contributed by atoms with Gasteiger partial charge < -0.3 is 9.88 Å². The normalized spacial score (nSPS) is 15.5. The number of rotatable bonds is 7. The Balaban J connectivity index is 2.26. The quantitative estimate of drug-likeness (QED) is 0.756. The van der Waals surface area contributed by atoms with E-state index < -0.39 is 10.0 Å². The van der Waals surface area contributed by atoms with E-state index >= 15 is 0 Å². The molecule has 2 rings (SSSR count). The standard InChI is InChI=1S/C14H21N3O2S/c1-4-7-17(10-12-5-6-12)20(18,19)14-8-13(9-15-2)16(3)11-14/h1,8,11-12,15H,5-7,9-10H2,2-3H3. The third kappa shape index (κ3) is 3.23. The molecule has 1 aliphatic rings. The minimum absolute atomic E-state index is 0.134. The van der Waals surface area contributed by atoms with Crippen LogP contribution in [-0.4, -0.2) is 37.4 Å². The zero-order valence-corrected chi connectivity index (χ0v) is 12.8. The molecule has 110 valence electrons. The molecule has 0 radical (unpaired) electrons. The Morgan fingerprint density at radius 3 is 2.80 bits per heavy atom. The molecule has 0 aliphatic heterocycles. The first-order chi connectivity index (χ1) is 9.48. The third-order valence-electron chi connectivity index (χ3n) is 3.50. The van der Waals surface area contributed by atoms with Crippen molar-refractivity contribution in [3.05, 3.63) is 18.0 Å². The first kappa shape index (κ1) is 15.1. The number of hydrogen-bond acceptors (Lipinski definition) is 3. The molecule has 1 aromatic rings. The predicted molar refractivity (Wildman–Crippen MR) is 78.5 cm³/mol. The molecule has 0 aromatic carbocycles. The van der Waals surface area contributed by atoms with Crippen molar-refractivity contribution in [3.63, 3.8) is 0 Å². The molecule has 1 heterocycles. The molecule has 0 bridgehead atoms. The van der Waals surface area contributed by atoms with Crippen LogP contribution in [-0.2, 0) is 23.6 Å². The van der Waals surface area contributed by atoms with Gasteiger partial charge in [0.2, 0.25) is 10.0 Å². The molecule has 20 heavy (non-hydrogen) atoms. The SMILES string of the molecule is C#CCN(CC1CC1)S(=O)(=O)c1cc(CNC)n(C)c1. The molecule has 0 amide bonds. The highest BCUT2D eigenvalue weighted by Crippen LogP contribution is 2.31. The van der Waals surface area contributed by atoms with Gasteiger partial charge in [0.05, 0.1) is 6.54 Å². The molecule has 1 aliphatic carbocycles. The highest BCUT2D eigenvalue weighted by atomic mass is 32.2. The lowest BCUT2D eigenvalue weighted by molar-refractivity contribution is 0.430. The molecule has 0 saturated heterocycles. The molecule has 1 aromatic heterocycles.